The third-order valence-corrected chi connectivity index (χ3v) is 5.22. The molecule has 3 nitrogen and oxygen atoms in total. The minimum Gasteiger partial charge on any atom is -0.382 e. The topological polar surface area (TPSA) is 41.1 Å². The van der Waals surface area contributed by atoms with Gasteiger partial charge in [0, 0.05) is 17.8 Å². The highest BCUT2D eigenvalue weighted by molar-refractivity contribution is 5.86. The van der Waals surface area contributed by atoms with Gasteiger partial charge >= 0.3 is 0 Å². The van der Waals surface area contributed by atoms with Crippen molar-refractivity contribution in [2.45, 2.75) is 64.5 Å². The molecule has 2 aliphatic rings. The Kier molecular flexibility index (Phi) is 3.68. The van der Waals surface area contributed by atoms with Gasteiger partial charge in [-0.25, -0.2) is 0 Å². The maximum absolute atomic E-state index is 12.8. The molecule has 3 atom stereocenters. The van der Waals surface area contributed by atoms with E-state index in [1.54, 1.807) is 0 Å². The fourth-order valence-electron chi connectivity index (χ4n) is 3.85. The van der Waals surface area contributed by atoms with E-state index in [4.69, 9.17) is 0 Å². The van der Waals surface area contributed by atoms with Crippen LogP contribution in [0.1, 0.15) is 57.9 Å². The molecule has 1 aliphatic carbocycles. The highest BCUT2D eigenvalue weighted by atomic mass is 16.2. The van der Waals surface area contributed by atoms with Gasteiger partial charge in [-0.2, -0.15) is 0 Å². The number of rotatable bonds is 2. The van der Waals surface area contributed by atoms with E-state index in [9.17, 15) is 4.79 Å². The smallest absolute Gasteiger partial charge is 0.227 e. The highest BCUT2D eigenvalue weighted by Crippen LogP contribution is 2.39. The van der Waals surface area contributed by atoms with Crippen LogP contribution in [-0.2, 0) is 4.79 Å². The van der Waals surface area contributed by atoms with Crippen LogP contribution in [0, 0.1) is 5.41 Å². The zero-order valence-corrected chi connectivity index (χ0v) is 13.3. The van der Waals surface area contributed by atoms with Gasteiger partial charge < -0.3 is 10.6 Å². The van der Waals surface area contributed by atoms with E-state index < -0.39 is 0 Å². The quantitative estimate of drug-likeness (QED) is 0.871. The van der Waals surface area contributed by atoms with Crippen molar-refractivity contribution in [3.8, 4) is 0 Å². The number of carbonyl (C=O) groups is 1. The Labute approximate surface area is 127 Å². The van der Waals surface area contributed by atoms with Gasteiger partial charge in [0.2, 0.25) is 5.91 Å². The lowest BCUT2D eigenvalue weighted by Gasteiger charge is -2.33. The van der Waals surface area contributed by atoms with Gasteiger partial charge in [-0.15, -0.1) is 0 Å². The normalized spacial score (nSPS) is 30.3. The number of nitrogens with one attached hydrogen (secondary N) is 2. The number of para-hydroxylation sites is 1. The highest BCUT2D eigenvalue weighted by Gasteiger charge is 2.38. The van der Waals surface area contributed by atoms with Gasteiger partial charge in [0.1, 0.15) is 0 Å². The average Bonchev–Trinajstić information content (AvgIpc) is 2.76. The van der Waals surface area contributed by atoms with Crippen LogP contribution in [0.4, 0.5) is 5.69 Å². The number of amides is 1. The predicted octanol–water partition coefficient (Wildman–Crippen LogP) is 3.67. The molecule has 0 radical (unpaired) electrons. The Bertz CT molecular complexity index is 538. The maximum Gasteiger partial charge on any atom is 0.227 e. The summed E-state index contributed by atoms with van der Waals surface area (Å²) in [6.45, 7) is 6.68. The molecule has 21 heavy (non-hydrogen) atoms. The third-order valence-electron chi connectivity index (χ3n) is 5.22. The Morgan fingerprint density at radius 3 is 2.81 bits per heavy atom. The van der Waals surface area contributed by atoms with E-state index in [0.717, 1.165) is 24.1 Å². The van der Waals surface area contributed by atoms with Crippen molar-refractivity contribution in [2.75, 3.05) is 5.32 Å². The van der Waals surface area contributed by atoms with Gasteiger partial charge in [0.25, 0.3) is 0 Å². The molecule has 2 N–H and O–H groups in total. The fourth-order valence-corrected chi connectivity index (χ4v) is 3.85. The molecule has 1 aromatic rings. The van der Waals surface area contributed by atoms with E-state index in [1.165, 1.54) is 12.8 Å². The largest absolute Gasteiger partial charge is 0.382 e. The summed E-state index contributed by atoms with van der Waals surface area (Å²) in [4.78, 5) is 12.8. The van der Waals surface area contributed by atoms with Crippen LogP contribution in [0.2, 0.25) is 0 Å². The van der Waals surface area contributed by atoms with Crippen molar-refractivity contribution in [1.29, 1.82) is 0 Å². The summed E-state index contributed by atoms with van der Waals surface area (Å²) in [5, 5.41) is 6.81. The first-order valence-corrected chi connectivity index (χ1v) is 8.13. The van der Waals surface area contributed by atoms with E-state index in [1.807, 2.05) is 12.1 Å². The molecule has 0 aromatic heterocycles. The first-order chi connectivity index (χ1) is 9.97. The molecule has 114 valence electrons. The van der Waals surface area contributed by atoms with Crippen LogP contribution in [0.5, 0.6) is 0 Å². The number of hydrogen-bond acceptors (Lipinski definition) is 2. The molecule has 0 bridgehead atoms. The molecule has 1 amide bonds. The summed E-state index contributed by atoms with van der Waals surface area (Å²) >= 11 is 0. The number of carbonyl (C=O) groups excluding carboxylic acids is 1. The van der Waals surface area contributed by atoms with Crippen molar-refractivity contribution in [1.82, 2.24) is 5.32 Å². The fraction of sp³-hybridized carbons (Fsp3) is 0.611. The molecular weight excluding hydrogens is 260 g/mol. The Balaban J connectivity index is 1.79. The summed E-state index contributed by atoms with van der Waals surface area (Å²) in [7, 11) is 0. The zero-order chi connectivity index (χ0) is 15.0. The predicted molar refractivity (Wildman–Crippen MR) is 86.4 cm³/mol. The van der Waals surface area contributed by atoms with Gasteiger partial charge in [-0.3, -0.25) is 4.79 Å². The molecule has 3 rings (SSSR count). The molecule has 3 unspecified atom stereocenters. The number of fused-ring (bicyclic) bond motifs is 1. The van der Waals surface area contributed by atoms with E-state index in [2.05, 4.69) is 43.5 Å². The van der Waals surface area contributed by atoms with Crippen LogP contribution in [-0.4, -0.2) is 18.0 Å². The maximum atomic E-state index is 12.8. The lowest BCUT2D eigenvalue weighted by Crippen LogP contribution is -2.45. The first-order valence-electron chi connectivity index (χ1n) is 8.13. The molecule has 1 fully saturated rings. The van der Waals surface area contributed by atoms with Crippen molar-refractivity contribution in [2.24, 2.45) is 5.41 Å². The molecule has 3 heteroatoms. The summed E-state index contributed by atoms with van der Waals surface area (Å²) in [5.41, 5.74) is 2.49. The van der Waals surface area contributed by atoms with E-state index >= 15 is 0 Å². The molecule has 1 saturated carbocycles. The van der Waals surface area contributed by atoms with Crippen molar-refractivity contribution < 1.29 is 4.79 Å². The molecule has 1 aromatic carbocycles. The Hall–Kier alpha value is -1.51. The second kappa shape index (κ2) is 5.36. The summed E-state index contributed by atoms with van der Waals surface area (Å²) < 4.78 is 0. The lowest BCUT2D eigenvalue weighted by atomic mass is 9.84. The second-order valence-electron chi connectivity index (χ2n) is 7.36. The second-order valence-corrected chi connectivity index (χ2v) is 7.36. The average molecular weight is 286 g/mol. The van der Waals surface area contributed by atoms with Crippen LogP contribution in [0.3, 0.4) is 0 Å². The Morgan fingerprint density at radius 1 is 1.33 bits per heavy atom. The van der Waals surface area contributed by atoms with Crippen molar-refractivity contribution in [3.05, 3.63) is 29.8 Å². The van der Waals surface area contributed by atoms with Crippen LogP contribution in [0.25, 0.3) is 0 Å². The SMILES string of the molecule is CC1CC(C(=O)NC2CCCC2(C)C)c2ccccc2N1. The van der Waals surface area contributed by atoms with Crippen LogP contribution in [0.15, 0.2) is 24.3 Å². The summed E-state index contributed by atoms with van der Waals surface area (Å²) in [6.07, 6.45) is 4.41. The molecule has 1 aliphatic heterocycles. The minimum absolute atomic E-state index is 0.0196. The monoisotopic (exact) mass is 286 g/mol. The summed E-state index contributed by atoms with van der Waals surface area (Å²) in [6, 6.07) is 8.87. The minimum atomic E-state index is -0.0196. The van der Waals surface area contributed by atoms with Gasteiger partial charge in [0.15, 0.2) is 0 Å². The van der Waals surface area contributed by atoms with Crippen molar-refractivity contribution >= 4 is 11.6 Å². The molecule has 1 heterocycles. The van der Waals surface area contributed by atoms with E-state index in [0.29, 0.717) is 12.1 Å². The van der Waals surface area contributed by atoms with Gasteiger partial charge in [-0.05, 0) is 43.2 Å². The first kappa shape index (κ1) is 14.4. The molecule has 0 spiro atoms. The number of hydrogen-bond donors (Lipinski definition) is 2. The van der Waals surface area contributed by atoms with Gasteiger partial charge in [0.05, 0.1) is 5.92 Å². The van der Waals surface area contributed by atoms with Crippen LogP contribution < -0.4 is 10.6 Å². The van der Waals surface area contributed by atoms with E-state index in [-0.39, 0.29) is 17.2 Å². The molecule has 0 saturated heterocycles. The zero-order valence-electron chi connectivity index (χ0n) is 13.3. The third kappa shape index (κ3) is 2.78. The standard InChI is InChI=1S/C18H26N2O/c1-12-11-14(13-7-4-5-8-15(13)19-12)17(21)20-16-9-6-10-18(16,2)3/h4-5,7-8,12,14,16,19H,6,9-11H2,1-3H3,(H,20,21). The lowest BCUT2D eigenvalue weighted by molar-refractivity contribution is -0.124. The van der Waals surface area contributed by atoms with Crippen molar-refractivity contribution in [3.63, 3.8) is 0 Å². The number of benzene rings is 1. The number of anilines is 1. The molecular formula is C18H26N2O. The Morgan fingerprint density at radius 2 is 2.10 bits per heavy atom. The van der Waals surface area contributed by atoms with Gasteiger partial charge in [-0.1, -0.05) is 38.5 Å². The van der Waals surface area contributed by atoms with Crippen LogP contribution >= 0.6 is 0 Å². The summed E-state index contributed by atoms with van der Waals surface area (Å²) in [5.74, 6) is 0.185.